The summed E-state index contributed by atoms with van der Waals surface area (Å²) in [6, 6.07) is 17.2. The SMILES string of the molecule is O=c1occ(-c2ccccc2)n2c1cc1cc(Cl)ccc12. The summed E-state index contributed by atoms with van der Waals surface area (Å²) in [4.78, 5) is 12.0. The van der Waals surface area contributed by atoms with E-state index in [1.54, 1.807) is 6.07 Å². The topological polar surface area (TPSA) is 34.6 Å². The first kappa shape index (κ1) is 12.2. The van der Waals surface area contributed by atoms with Crippen molar-refractivity contribution < 1.29 is 4.42 Å². The maximum absolute atomic E-state index is 12.0. The van der Waals surface area contributed by atoms with Gasteiger partial charge in [0.15, 0.2) is 0 Å². The lowest BCUT2D eigenvalue weighted by Crippen LogP contribution is -2.04. The van der Waals surface area contributed by atoms with E-state index in [0.29, 0.717) is 10.5 Å². The molecule has 0 saturated carbocycles. The van der Waals surface area contributed by atoms with Crippen LogP contribution in [0.4, 0.5) is 0 Å². The minimum atomic E-state index is -0.359. The molecule has 0 amide bonds. The van der Waals surface area contributed by atoms with Crippen LogP contribution < -0.4 is 5.63 Å². The van der Waals surface area contributed by atoms with Gasteiger partial charge in [-0.3, -0.25) is 4.40 Å². The Morgan fingerprint density at radius 3 is 2.57 bits per heavy atom. The molecule has 0 saturated heterocycles. The monoisotopic (exact) mass is 295 g/mol. The molecule has 4 aromatic rings. The van der Waals surface area contributed by atoms with Gasteiger partial charge in [0.25, 0.3) is 0 Å². The Balaban J connectivity index is 2.20. The Morgan fingerprint density at radius 2 is 1.76 bits per heavy atom. The highest BCUT2D eigenvalue weighted by Crippen LogP contribution is 2.27. The minimum Gasteiger partial charge on any atom is -0.428 e. The molecule has 3 nitrogen and oxygen atoms in total. The zero-order valence-electron chi connectivity index (χ0n) is 10.9. The standard InChI is InChI=1S/C17H10ClNO2/c18-13-6-7-14-12(8-13)9-15-17(20)21-10-16(19(14)15)11-4-2-1-3-5-11/h1-10H. The number of fused-ring (bicyclic) bond motifs is 3. The van der Waals surface area contributed by atoms with Crippen molar-refractivity contribution in [3.63, 3.8) is 0 Å². The van der Waals surface area contributed by atoms with Crippen molar-refractivity contribution in [3.8, 4) is 11.3 Å². The fourth-order valence-corrected chi connectivity index (χ4v) is 2.80. The number of nitrogens with zero attached hydrogens (tertiary/aromatic N) is 1. The van der Waals surface area contributed by atoms with Crippen molar-refractivity contribution in [2.45, 2.75) is 0 Å². The predicted octanol–water partition coefficient (Wildman–Crippen LogP) is 4.37. The fourth-order valence-electron chi connectivity index (χ4n) is 2.62. The predicted molar refractivity (Wildman–Crippen MR) is 83.9 cm³/mol. The maximum atomic E-state index is 12.0. The minimum absolute atomic E-state index is 0.359. The number of hydrogen-bond acceptors (Lipinski definition) is 2. The van der Waals surface area contributed by atoms with Gasteiger partial charge in [0.05, 0.1) is 11.2 Å². The first-order valence-corrected chi connectivity index (χ1v) is 6.90. The van der Waals surface area contributed by atoms with Crippen molar-refractivity contribution in [2.24, 2.45) is 0 Å². The van der Waals surface area contributed by atoms with E-state index in [9.17, 15) is 4.79 Å². The van der Waals surface area contributed by atoms with Crippen LogP contribution in [0.2, 0.25) is 5.02 Å². The van der Waals surface area contributed by atoms with Gasteiger partial charge in [-0.1, -0.05) is 41.9 Å². The molecular formula is C17H10ClNO2. The van der Waals surface area contributed by atoms with Crippen LogP contribution in [-0.2, 0) is 0 Å². The second kappa shape index (κ2) is 4.50. The Morgan fingerprint density at radius 1 is 0.952 bits per heavy atom. The van der Waals surface area contributed by atoms with Crippen molar-refractivity contribution >= 4 is 28.0 Å². The van der Waals surface area contributed by atoms with Gasteiger partial charge in [-0.2, -0.15) is 0 Å². The second-order valence-electron chi connectivity index (χ2n) is 4.84. The smallest absolute Gasteiger partial charge is 0.360 e. The molecule has 4 heteroatoms. The Labute approximate surface area is 125 Å². The molecule has 0 aliphatic rings. The molecule has 0 fully saturated rings. The molecule has 21 heavy (non-hydrogen) atoms. The van der Waals surface area contributed by atoms with E-state index < -0.39 is 0 Å². The third kappa shape index (κ3) is 1.86. The lowest BCUT2D eigenvalue weighted by molar-refractivity contribution is 0.512. The molecule has 0 bridgehead atoms. The average Bonchev–Trinajstić information content (AvgIpc) is 2.88. The molecule has 2 heterocycles. The van der Waals surface area contributed by atoms with Crippen molar-refractivity contribution in [1.82, 2.24) is 4.40 Å². The first-order chi connectivity index (χ1) is 10.2. The normalized spacial score (nSPS) is 11.3. The van der Waals surface area contributed by atoms with Gasteiger partial charge < -0.3 is 4.42 Å². The molecule has 4 rings (SSSR count). The van der Waals surface area contributed by atoms with E-state index in [4.69, 9.17) is 16.0 Å². The van der Waals surface area contributed by atoms with Gasteiger partial charge in [-0.25, -0.2) is 4.79 Å². The second-order valence-corrected chi connectivity index (χ2v) is 5.28. The van der Waals surface area contributed by atoms with Crippen molar-refractivity contribution in [2.75, 3.05) is 0 Å². The highest BCUT2D eigenvalue weighted by Gasteiger charge is 2.12. The van der Waals surface area contributed by atoms with Crippen LogP contribution in [0.1, 0.15) is 0 Å². The number of hydrogen-bond donors (Lipinski definition) is 0. The molecule has 0 unspecified atom stereocenters. The Kier molecular flexibility index (Phi) is 2.62. The van der Waals surface area contributed by atoms with Gasteiger partial charge in [0.1, 0.15) is 11.8 Å². The summed E-state index contributed by atoms with van der Waals surface area (Å²) in [6.45, 7) is 0. The zero-order valence-corrected chi connectivity index (χ0v) is 11.7. The molecule has 102 valence electrons. The first-order valence-electron chi connectivity index (χ1n) is 6.52. The quantitative estimate of drug-likeness (QED) is 0.523. The van der Waals surface area contributed by atoms with Crippen molar-refractivity contribution in [3.05, 3.63) is 76.3 Å². The molecule has 0 N–H and O–H groups in total. The van der Waals surface area contributed by atoms with Crippen LogP contribution in [0.3, 0.4) is 0 Å². The van der Waals surface area contributed by atoms with Crippen LogP contribution in [-0.4, -0.2) is 4.40 Å². The number of benzene rings is 2. The van der Waals surface area contributed by atoms with Crippen molar-refractivity contribution in [1.29, 1.82) is 0 Å². The summed E-state index contributed by atoms with van der Waals surface area (Å²) in [5.74, 6) is 0. The summed E-state index contributed by atoms with van der Waals surface area (Å²) >= 11 is 6.03. The van der Waals surface area contributed by atoms with Crippen LogP contribution in [0.15, 0.2) is 70.1 Å². The van der Waals surface area contributed by atoms with Gasteiger partial charge in [0.2, 0.25) is 0 Å². The number of rotatable bonds is 1. The molecule has 0 aliphatic carbocycles. The molecule has 2 aromatic carbocycles. The molecule has 0 radical (unpaired) electrons. The summed E-state index contributed by atoms with van der Waals surface area (Å²) < 4.78 is 7.09. The van der Waals surface area contributed by atoms with E-state index in [2.05, 4.69) is 0 Å². The highest BCUT2D eigenvalue weighted by atomic mass is 35.5. The van der Waals surface area contributed by atoms with Crippen LogP contribution in [0.5, 0.6) is 0 Å². The molecule has 0 spiro atoms. The number of halogens is 1. The largest absolute Gasteiger partial charge is 0.428 e. The van der Waals surface area contributed by atoms with E-state index in [-0.39, 0.29) is 5.63 Å². The van der Waals surface area contributed by atoms with Gasteiger partial charge >= 0.3 is 5.63 Å². The summed E-state index contributed by atoms with van der Waals surface area (Å²) in [7, 11) is 0. The van der Waals surface area contributed by atoms with Crippen LogP contribution in [0.25, 0.3) is 27.7 Å². The fraction of sp³-hybridized carbons (Fsp3) is 0. The van der Waals surface area contributed by atoms with Gasteiger partial charge in [-0.15, -0.1) is 0 Å². The maximum Gasteiger partial charge on any atom is 0.360 e. The lowest BCUT2D eigenvalue weighted by Gasteiger charge is -2.06. The average molecular weight is 296 g/mol. The van der Waals surface area contributed by atoms with Gasteiger partial charge in [-0.05, 0) is 24.3 Å². The van der Waals surface area contributed by atoms with E-state index in [1.807, 2.05) is 52.9 Å². The van der Waals surface area contributed by atoms with E-state index in [1.165, 1.54) is 6.26 Å². The van der Waals surface area contributed by atoms with Gasteiger partial charge in [0, 0.05) is 16.0 Å². The third-order valence-corrected chi connectivity index (χ3v) is 3.80. The zero-order chi connectivity index (χ0) is 14.4. The summed E-state index contributed by atoms with van der Waals surface area (Å²) in [5, 5.41) is 1.56. The van der Waals surface area contributed by atoms with E-state index >= 15 is 0 Å². The Hall–Kier alpha value is -2.52. The molecule has 2 aromatic heterocycles. The van der Waals surface area contributed by atoms with Crippen LogP contribution in [0, 0.1) is 0 Å². The molecule has 0 atom stereocenters. The molecular weight excluding hydrogens is 286 g/mol. The molecule has 0 aliphatic heterocycles. The Bertz CT molecular complexity index is 1020. The summed E-state index contributed by atoms with van der Waals surface area (Å²) in [5.41, 5.74) is 2.90. The lowest BCUT2D eigenvalue weighted by atomic mass is 10.1. The van der Waals surface area contributed by atoms with E-state index in [0.717, 1.165) is 22.2 Å². The third-order valence-electron chi connectivity index (χ3n) is 3.56. The highest BCUT2D eigenvalue weighted by molar-refractivity contribution is 6.31. The summed E-state index contributed by atoms with van der Waals surface area (Å²) in [6.07, 6.45) is 1.50. The number of aromatic nitrogens is 1. The van der Waals surface area contributed by atoms with Crippen LogP contribution >= 0.6 is 11.6 Å².